The second-order valence-corrected chi connectivity index (χ2v) is 6.45. The Bertz CT molecular complexity index is 560. The van der Waals surface area contributed by atoms with E-state index in [-0.39, 0.29) is 6.04 Å². The van der Waals surface area contributed by atoms with E-state index in [2.05, 4.69) is 43.2 Å². The monoisotopic (exact) mass is 304 g/mol. The zero-order valence-electron chi connectivity index (χ0n) is 13.3. The molecule has 0 aliphatic carbocycles. The van der Waals surface area contributed by atoms with Crippen molar-refractivity contribution in [1.29, 1.82) is 0 Å². The Morgan fingerprint density at radius 3 is 2.67 bits per heavy atom. The molecule has 0 aliphatic heterocycles. The van der Waals surface area contributed by atoms with Crippen LogP contribution in [0.2, 0.25) is 0 Å². The maximum Gasteiger partial charge on any atom is 0.137 e. The van der Waals surface area contributed by atoms with Crippen LogP contribution in [0.15, 0.2) is 24.5 Å². The Labute approximate surface area is 131 Å². The molecule has 2 aromatic rings. The molecule has 0 amide bonds. The van der Waals surface area contributed by atoms with Gasteiger partial charge in [-0.05, 0) is 57.0 Å². The van der Waals surface area contributed by atoms with E-state index in [1.54, 1.807) is 6.20 Å². The van der Waals surface area contributed by atoms with Gasteiger partial charge in [-0.3, -0.25) is 4.98 Å². The lowest BCUT2D eigenvalue weighted by Crippen LogP contribution is -2.22. The van der Waals surface area contributed by atoms with E-state index in [9.17, 15) is 0 Å². The molecule has 0 bridgehead atoms. The highest BCUT2D eigenvalue weighted by atomic mass is 32.1. The fraction of sp³-hybridized carbons (Fsp3) is 0.471. The molecule has 0 spiro atoms. The van der Waals surface area contributed by atoms with E-state index in [0.29, 0.717) is 6.61 Å². The highest BCUT2D eigenvalue weighted by Gasteiger charge is 2.17. The summed E-state index contributed by atoms with van der Waals surface area (Å²) >= 11 is 1.86. The van der Waals surface area contributed by atoms with Crippen LogP contribution in [0, 0.1) is 13.8 Å². The van der Waals surface area contributed by atoms with Gasteiger partial charge in [-0.15, -0.1) is 11.3 Å². The first-order valence-corrected chi connectivity index (χ1v) is 8.35. The maximum atomic E-state index is 5.58. The van der Waals surface area contributed by atoms with Gasteiger partial charge in [0.25, 0.3) is 0 Å². The van der Waals surface area contributed by atoms with Crippen LogP contribution in [0.3, 0.4) is 0 Å². The molecule has 3 nitrogen and oxygen atoms in total. The fourth-order valence-electron chi connectivity index (χ4n) is 2.25. The van der Waals surface area contributed by atoms with Gasteiger partial charge in [0.15, 0.2) is 0 Å². The molecular weight excluding hydrogens is 280 g/mol. The average Bonchev–Trinajstić information content (AvgIpc) is 2.80. The molecule has 0 aliphatic rings. The summed E-state index contributed by atoms with van der Waals surface area (Å²) in [6.45, 7) is 10.2. The average molecular weight is 304 g/mol. The molecule has 1 unspecified atom stereocenters. The largest absolute Gasteiger partial charge is 0.492 e. The number of nitrogens with zero attached hydrogens (tertiary/aromatic N) is 1. The van der Waals surface area contributed by atoms with Gasteiger partial charge in [0, 0.05) is 16.0 Å². The Morgan fingerprint density at radius 1 is 1.24 bits per heavy atom. The minimum absolute atomic E-state index is 0.190. The molecule has 4 heteroatoms. The van der Waals surface area contributed by atoms with Crippen LogP contribution >= 0.6 is 11.3 Å². The van der Waals surface area contributed by atoms with E-state index in [4.69, 9.17) is 4.74 Å². The zero-order chi connectivity index (χ0) is 15.2. The summed E-state index contributed by atoms with van der Waals surface area (Å²) in [5, 5.41) is 3.63. The number of pyridine rings is 1. The quantitative estimate of drug-likeness (QED) is 0.830. The second-order valence-electron chi connectivity index (χ2n) is 5.16. The van der Waals surface area contributed by atoms with E-state index < -0.39 is 0 Å². The maximum absolute atomic E-state index is 5.58. The van der Waals surface area contributed by atoms with Crippen molar-refractivity contribution in [3.63, 3.8) is 0 Å². The van der Waals surface area contributed by atoms with Crippen molar-refractivity contribution in [2.45, 2.75) is 40.2 Å². The first kappa shape index (κ1) is 16.0. The van der Waals surface area contributed by atoms with Crippen LogP contribution in [-0.2, 0) is 0 Å². The first-order valence-electron chi connectivity index (χ1n) is 7.53. The molecule has 2 aromatic heterocycles. The number of hydrogen-bond donors (Lipinski definition) is 1. The summed E-state index contributed by atoms with van der Waals surface area (Å²) in [7, 11) is 0. The van der Waals surface area contributed by atoms with Gasteiger partial charge in [0.05, 0.1) is 18.8 Å². The van der Waals surface area contributed by atoms with Crippen LogP contribution in [-0.4, -0.2) is 18.1 Å². The van der Waals surface area contributed by atoms with Crippen molar-refractivity contribution in [2.24, 2.45) is 0 Å². The van der Waals surface area contributed by atoms with Crippen molar-refractivity contribution in [1.82, 2.24) is 10.3 Å². The Kier molecular flexibility index (Phi) is 5.76. The van der Waals surface area contributed by atoms with Crippen LogP contribution in [0.5, 0.6) is 5.75 Å². The highest BCUT2D eigenvalue weighted by molar-refractivity contribution is 7.12. The van der Waals surface area contributed by atoms with Crippen LogP contribution in [0.25, 0.3) is 0 Å². The first-order chi connectivity index (χ1) is 10.2. The second kappa shape index (κ2) is 7.57. The van der Waals surface area contributed by atoms with E-state index in [0.717, 1.165) is 24.3 Å². The van der Waals surface area contributed by atoms with Crippen LogP contribution in [0.4, 0.5) is 0 Å². The van der Waals surface area contributed by atoms with Crippen molar-refractivity contribution in [3.8, 4) is 5.75 Å². The number of hydrogen-bond acceptors (Lipinski definition) is 4. The summed E-state index contributed by atoms with van der Waals surface area (Å²) in [4.78, 5) is 7.05. The lowest BCUT2D eigenvalue weighted by atomic mass is 10.1. The van der Waals surface area contributed by atoms with Crippen LogP contribution < -0.4 is 10.1 Å². The number of aryl methyl sites for hydroxylation is 2. The Morgan fingerprint density at radius 2 is 2.05 bits per heavy atom. The van der Waals surface area contributed by atoms with E-state index >= 15 is 0 Å². The molecule has 2 heterocycles. The summed E-state index contributed by atoms with van der Waals surface area (Å²) in [6.07, 6.45) is 4.81. The number of nitrogens with one attached hydrogen (secondary N) is 1. The topological polar surface area (TPSA) is 34.2 Å². The van der Waals surface area contributed by atoms with Gasteiger partial charge in [-0.1, -0.05) is 6.92 Å². The minimum atomic E-state index is 0.190. The van der Waals surface area contributed by atoms with E-state index in [1.165, 1.54) is 15.3 Å². The summed E-state index contributed by atoms with van der Waals surface area (Å²) in [6, 6.07) is 4.56. The molecule has 1 atom stereocenters. The van der Waals surface area contributed by atoms with Crippen LogP contribution in [0.1, 0.15) is 47.2 Å². The predicted octanol–water partition coefficient (Wildman–Crippen LogP) is 4.25. The van der Waals surface area contributed by atoms with Crippen molar-refractivity contribution in [2.75, 3.05) is 13.2 Å². The van der Waals surface area contributed by atoms with Gasteiger partial charge < -0.3 is 10.1 Å². The lowest BCUT2D eigenvalue weighted by Gasteiger charge is -2.18. The molecule has 0 aromatic carbocycles. The smallest absolute Gasteiger partial charge is 0.137 e. The van der Waals surface area contributed by atoms with E-state index in [1.807, 2.05) is 24.5 Å². The third-order valence-corrected chi connectivity index (χ3v) is 4.66. The van der Waals surface area contributed by atoms with Gasteiger partial charge in [-0.2, -0.15) is 0 Å². The third kappa shape index (κ3) is 4.05. The molecule has 21 heavy (non-hydrogen) atoms. The minimum Gasteiger partial charge on any atom is -0.492 e. The lowest BCUT2D eigenvalue weighted by molar-refractivity contribution is 0.338. The van der Waals surface area contributed by atoms with Crippen molar-refractivity contribution >= 4 is 11.3 Å². The molecule has 0 radical (unpaired) electrons. The summed E-state index contributed by atoms with van der Waals surface area (Å²) in [5.74, 6) is 0.836. The van der Waals surface area contributed by atoms with Crippen molar-refractivity contribution < 1.29 is 4.74 Å². The standard InChI is InChI=1S/C17H24N2OS/c1-5-7-19-17(16-8-12(3)13(4)21-16)14-9-15(20-6-2)11-18-10-14/h8-11,17,19H,5-7H2,1-4H3. The number of ether oxygens (including phenoxy) is 1. The molecule has 1 N–H and O–H groups in total. The van der Waals surface area contributed by atoms with Crippen molar-refractivity contribution in [3.05, 3.63) is 45.4 Å². The number of rotatable bonds is 7. The summed E-state index contributed by atoms with van der Waals surface area (Å²) in [5.41, 5.74) is 2.52. The van der Waals surface area contributed by atoms with Gasteiger partial charge in [0.1, 0.15) is 5.75 Å². The zero-order valence-corrected chi connectivity index (χ0v) is 14.1. The van der Waals surface area contributed by atoms with Gasteiger partial charge >= 0.3 is 0 Å². The molecule has 114 valence electrons. The Hall–Kier alpha value is -1.39. The van der Waals surface area contributed by atoms with Gasteiger partial charge in [0.2, 0.25) is 0 Å². The van der Waals surface area contributed by atoms with Gasteiger partial charge in [-0.25, -0.2) is 0 Å². The molecule has 0 fully saturated rings. The molecule has 0 saturated carbocycles. The third-order valence-electron chi connectivity index (χ3n) is 3.45. The number of aromatic nitrogens is 1. The SMILES string of the molecule is CCCNC(c1cncc(OCC)c1)c1cc(C)c(C)s1. The summed E-state index contributed by atoms with van der Waals surface area (Å²) < 4.78 is 5.58. The number of thiophene rings is 1. The highest BCUT2D eigenvalue weighted by Crippen LogP contribution is 2.31. The fourth-order valence-corrected chi connectivity index (χ4v) is 3.40. The Balaban J connectivity index is 2.32. The molecular formula is C17H24N2OS. The normalized spacial score (nSPS) is 12.4. The molecule has 2 rings (SSSR count). The molecule has 0 saturated heterocycles. The predicted molar refractivity (Wildman–Crippen MR) is 89.3 cm³/mol.